The van der Waals surface area contributed by atoms with E-state index < -0.39 is 0 Å². The van der Waals surface area contributed by atoms with E-state index >= 15 is 0 Å². The Bertz CT molecular complexity index is 471. The average molecular weight is 292 g/mol. The molecule has 0 aliphatic heterocycles. The van der Waals surface area contributed by atoms with Gasteiger partial charge in [0.1, 0.15) is 0 Å². The van der Waals surface area contributed by atoms with Crippen LogP contribution >= 0.6 is 0 Å². The van der Waals surface area contributed by atoms with Crippen LogP contribution < -0.4 is 5.32 Å². The second kappa shape index (κ2) is 7.07. The lowest BCUT2D eigenvalue weighted by Gasteiger charge is -2.32. The van der Waals surface area contributed by atoms with Gasteiger partial charge in [-0.3, -0.25) is 14.4 Å². The maximum absolute atomic E-state index is 12.4. The average Bonchev–Trinajstić information content (AvgIpc) is 2.85. The lowest BCUT2D eigenvalue weighted by Crippen LogP contribution is -2.49. The zero-order valence-electron chi connectivity index (χ0n) is 13.7. The Hall–Kier alpha value is -1.36. The number of aryl methyl sites for hydroxylation is 1. The van der Waals surface area contributed by atoms with Crippen molar-refractivity contribution in [2.24, 2.45) is 13.0 Å². The molecule has 1 aromatic rings. The molecule has 0 aromatic carbocycles. The van der Waals surface area contributed by atoms with Crippen molar-refractivity contribution in [2.75, 3.05) is 7.05 Å². The van der Waals surface area contributed by atoms with Gasteiger partial charge in [-0.2, -0.15) is 5.10 Å². The lowest BCUT2D eigenvalue weighted by atomic mass is 9.86. The van der Waals surface area contributed by atoms with Gasteiger partial charge >= 0.3 is 0 Å². The van der Waals surface area contributed by atoms with Crippen molar-refractivity contribution in [1.82, 2.24) is 20.0 Å². The predicted octanol–water partition coefficient (Wildman–Crippen LogP) is 1.94. The number of nitrogens with zero attached hydrogens (tertiary/aromatic N) is 3. The second-order valence-corrected chi connectivity index (χ2v) is 6.49. The minimum Gasteiger partial charge on any atom is -0.352 e. The van der Waals surface area contributed by atoms with Gasteiger partial charge in [0, 0.05) is 31.4 Å². The van der Waals surface area contributed by atoms with Gasteiger partial charge in [-0.25, -0.2) is 0 Å². The SMILES string of the molecule is C[C@@H]1CCCC[C@H]1NC(=O)[C@@H](C)N(C)Cc1cnn(C)c1. The van der Waals surface area contributed by atoms with E-state index in [1.165, 1.54) is 19.3 Å². The van der Waals surface area contributed by atoms with E-state index in [4.69, 9.17) is 0 Å². The number of amides is 1. The normalized spacial score (nSPS) is 24.0. The summed E-state index contributed by atoms with van der Waals surface area (Å²) >= 11 is 0. The molecule has 5 nitrogen and oxygen atoms in total. The van der Waals surface area contributed by atoms with Gasteiger partial charge in [0.2, 0.25) is 5.91 Å². The Morgan fingerprint density at radius 2 is 2.24 bits per heavy atom. The number of hydrogen-bond donors (Lipinski definition) is 1. The molecule has 0 saturated heterocycles. The zero-order valence-corrected chi connectivity index (χ0v) is 13.7. The molecule has 1 amide bonds. The number of aromatic nitrogens is 2. The van der Waals surface area contributed by atoms with Gasteiger partial charge < -0.3 is 5.32 Å². The standard InChI is InChI=1S/C16H28N4O/c1-12-7-5-6-8-15(12)18-16(21)13(2)19(3)10-14-9-17-20(4)11-14/h9,11-13,15H,5-8,10H2,1-4H3,(H,18,21)/t12-,13-,15-/m1/s1. The molecule has 1 aliphatic rings. The lowest BCUT2D eigenvalue weighted by molar-refractivity contribution is -0.126. The quantitative estimate of drug-likeness (QED) is 0.902. The van der Waals surface area contributed by atoms with Gasteiger partial charge in [-0.15, -0.1) is 0 Å². The molecule has 0 radical (unpaired) electrons. The maximum atomic E-state index is 12.4. The number of carbonyl (C=O) groups excluding carboxylic acids is 1. The zero-order chi connectivity index (χ0) is 15.4. The number of nitrogens with one attached hydrogen (secondary N) is 1. The summed E-state index contributed by atoms with van der Waals surface area (Å²) in [5, 5.41) is 7.41. The van der Waals surface area contributed by atoms with E-state index in [0.717, 1.165) is 18.5 Å². The van der Waals surface area contributed by atoms with Crippen LogP contribution in [0.25, 0.3) is 0 Å². The molecule has 1 aliphatic carbocycles. The van der Waals surface area contributed by atoms with E-state index in [9.17, 15) is 4.79 Å². The first-order valence-electron chi connectivity index (χ1n) is 7.95. The highest BCUT2D eigenvalue weighted by Crippen LogP contribution is 2.23. The van der Waals surface area contributed by atoms with Crippen molar-refractivity contribution in [1.29, 1.82) is 0 Å². The molecular formula is C16H28N4O. The Morgan fingerprint density at radius 1 is 1.52 bits per heavy atom. The van der Waals surface area contributed by atoms with Gasteiger partial charge in [0.05, 0.1) is 12.2 Å². The van der Waals surface area contributed by atoms with Crippen molar-refractivity contribution in [2.45, 2.75) is 58.2 Å². The van der Waals surface area contributed by atoms with Crippen LogP contribution in [0.1, 0.15) is 45.1 Å². The maximum Gasteiger partial charge on any atom is 0.237 e. The van der Waals surface area contributed by atoms with Gasteiger partial charge in [0.15, 0.2) is 0 Å². The van der Waals surface area contributed by atoms with Crippen LogP contribution in [-0.2, 0) is 18.4 Å². The monoisotopic (exact) mass is 292 g/mol. The number of rotatable bonds is 5. The van der Waals surface area contributed by atoms with Gasteiger partial charge in [0.25, 0.3) is 0 Å². The van der Waals surface area contributed by atoms with E-state index in [0.29, 0.717) is 12.0 Å². The van der Waals surface area contributed by atoms with Gasteiger partial charge in [-0.1, -0.05) is 19.8 Å². The first-order chi connectivity index (χ1) is 9.97. The van der Waals surface area contributed by atoms with Crippen LogP contribution in [0.5, 0.6) is 0 Å². The summed E-state index contributed by atoms with van der Waals surface area (Å²) in [6.07, 6.45) is 8.71. The van der Waals surface area contributed by atoms with E-state index in [1.54, 1.807) is 4.68 Å². The molecule has 0 unspecified atom stereocenters. The predicted molar refractivity (Wildman–Crippen MR) is 83.7 cm³/mol. The van der Waals surface area contributed by atoms with E-state index in [1.807, 2.05) is 33.4 Å². The molecule has 118 valence electrons. The summed E-state index contributed by atoms with van der Waals surface area (Å²) in [7, 11) is 3.89. The number of carbonyl (C=O) groups is 1. The highest BCUT2D eigenvalue weighted by molar-refractivity contribution is 5.81. The first-order valence-corrected chi connectivity index (χ1v) is 7.95. The van der Waals surface area contributed by atoms with Crippen molar-refractivity contribution in [3.63, 3.8) is 0 Å². The van der Waals surface area contributed by atoms with Gasteiger partial charge in [-0.05, 0) is 32.7 Å². The Balaban J connectivity index is 1.85. The van der Waals surface area contributed by atoms with Crippen LogP contribution in [0.15, 0.2) is 12.4 Å². The van der Waals surface area contributed by atoms with Crippen LogP contribution in [-0.4, -0.2) is 39.7 Å². The second-order valence-electron chi connectivity index (χ2n) is 6.49. The molecule has 0 spiro atoms. The van der Waals surface area contributed by atoms with Crippen LogP contribution in [0, 0.1) is 5.92 Å². The molecule has 1 N–H and O–H groups in total. The largest absolute Gasteiger partial charge is 0.352 e. The summed E-state index contributed by atoms with van der Waals surface area (Å²) in [5.41, 5.74) is 1.13. The van der Waals surface area contributed by atoms with Crippen LogP contribution in [0.2, 0.25) is 0 Å². The first kappa shape index (κ1) is 16.0. The fourth-order valence-electron chi connectivity index (χ4n) is 3.01. The van der Waals surface area contributed by atoms with Crippen molar-refractivity contribution in [3.05, 3.63) is 18.0 Å². The smallest absolute Gasteiger partial charge is 0.237 e. The minimum atomic E-state index is -0.126. The molecule has 1 heterocycles. The van der Waals surface area contributed by atoms with Crippen molar-refractivity contribution in [3.8, 4) is 0 Å². The molecule has 21 heavy (non-hydrogen) atoms. The third-order valence-corrected chi connectivity index (χ3v) is 4.67. The van der Waals surface area contributed by atoms with Crippen LogP contribution in [0.4, 0.5) is 0 Å². The molecule has 0 bridgehead atoms. The molecule has 1 saturated carbocycles. The summed E-state index contributed by atoms with van der Waals surface area (Å²) in [6.45, 7) is 4.95. The summed E-state index contributed by atoms with van der Waals surface area (Å²) in [5.74, 6) is 0.735. The highest BCUT2D eigenvalue weighted by atomic mass is 16.2. The molecule has 5 heteroatoms. The van der Waals surface area contributed by atoms with Crippen LogP contribution in [0.3, 0.4) is 0 Å². The summed E-state index contributed by atoms with van der Waals surface area (Å²) in [6, 6.07) is 0.222. The molecule has 3 atom stereocenters. The Kier molecular flexibility index (Phi) is 5.39. The highest BCUT2D eigenvalue weighted by Gasteiger charge is 2.26. The molecule has 1 aromatic heterocycles. The molecule has 2 rings (SSSR count). The van der Waals surface area contributed by atoms with E-state index in [-0.39, 0.29) is 11.9 Å². The topological polar surface area (TPSA) is 50.2 Å². The molecule has 1 fully saturated rings. The third-order valence-electron chi connectivity index (χ3n) is 4.67. The summed E-state index contributed by atoms with van der Waals surface area (Å²) < 4.78 is 1.79. The van der Waals surface area contributed by atoms with E-state index in [2.05, 4.69) is 22.2 Å². The number of hydrogen-bond acceptors (Lipinski definition) is 3. The molecular weight excluding hydrogens is 264 g/mol. The fraction of sp³-hybridized carbons (Fsp3) is 0.750. The van der Waals surface area contributed by atoms with Crippen molar-refractivity contribution >= 4 is 5.91 Å². The Labute approximate surface area is 127 Å². The summed E-state index contributed by atoms with van der Waals surface area (Å²) in [4.78, 5) is 14.5. The number of likely N-dealkylation sites (N-methyl/N-ethyl adjacent to an activating group) is 1. The Morgan fingerprint density at radius 3 is 2.86 bits per heavy atom. The third kappa shape index (κ3) is 4.30. The van der Waals surface area contributed by atoms with Crippen molar-refractivity contribution < 1.29 is 4.79 Å². The minimum absolute atomic E-state index is 0.126. The fourth-order valence-corrected chi connectivity index (χ4v) is 3.01.